The summed E-state index contributed by atoms with van der Waals surface area (Å²) < 4.78 is 0. The Balaban J connectivity index is 1.05. The van der Waals surface area contributed by atoms with Gasteiger partial charge in [-0.25, -0.2) is 0 Å². The lowest BCUT2D eigenvalue weighted by Gasteiger charge is -2.32. The van der Waals surface area contributed by atoms with Crippen molar-refractivity contribution in [2.45, 2.75) is 5.41 Å². The second-order valence-corrected chi connectivity index (χ2v) is 16.0. The van der Waals surface area contributed by atoms with Gasteiger partial charge in [0.1, 0.15) is 0 Å². The molecule has 1 unspecified atom stereocenters. The first kappa shape index (κ1) is 31.7. The molecule has 1 nitrogen and oxygen atoms in total. The Kier molecular flexibility index (Phi) is 6.43. The molecule has 0 N–H and O–H groups in total. The zero-order chi connectivity index (χ0) is 38.0. The van der Waals surface area contributed by atoms with Crippen LogP contribution in [-0.2, 0) is 5.41 Å². The van der Waals surface area contributed by atoms with E-state index in [4.69, 9.17) is 0 Å². The lowest BCUT2D eigenvalue weighted by Crippen LogP contribution is -2.26. The minimum absolute atomic E-state index is 0.492. The average molecular weight is 734 g/mol. The van der Waals surface area contributed by atoms with Gasteiger partial charge in [-0.2, -0.15) is 0 Å². The highest BCUT2D eigenvalue weighted by molar-refractivity contribution is 6.21. The van der Waals surface area contributed by atoms with Gasteiger partial charge in [0.15, 0.2) is 0 Å². The number of hydrogen-bond donors (Lipinski definition) is 0. The summed E-state index contributed by atoms with van der Waals surface area (Å²) >= 11 is 0. The standard InChI is InChI=1S/C57H35N/c1-2-15-40(16-3-1)58(41-29-27-37(28-30-41)39-26-25-36-13-4-5-14-38(36)33-39)42-31-32-46-45-19-8-10-23-51(45)57(53(46)34-42)52-24-11-9-20-48(52)56-49-22-12-21-47-43-17-6-7-18-44(43)50(55(47)49)35-54(56)57/h1-35H. The SMILES string of the molecule is c1ccc(N(c2ccc(-c3ccc4ccccc4c3)cc2)c2ccc3c(c2)C2(c4ccccc4-3)c3ccccc3-c3c2cc2c4c(cccc34)-c3ccccc3-2)cc1. The third-order valence-electron chi connectivity index (χ3n) is 13.2. The average Bonchev–Trinajstić information content (AvgIpc) is 3.89. The fourth-order valence-electron chi connectivity index (χ4n) is 10.8. The van der Waals surface area contributed by atoms with Crippen LogP contribution < -0.4 is 4.90 Å². The van der Waals surface area contributed by atoms with Crippen molar-refractivity contribution in [3.8, 4) is 55.6 Å². The number of hydrogen-bond acceptors (Lipinski definition) is 1. The molecule has 13 rings (SSSR count). The number of rotatable bonds is 4. The monoisotopic (exact) mass is 733 g/mol. The van der Waals surface area contributed by atoms with Crippen molar-refractivity contribution < 1.29 is 0 Å². The Morgan fingerprint density at radius 1 is 0.293 bits per heavy atom. The van der Waals surface area contributed by atoms with E-state index >= 15 is 0 Å². The molecule has 58 heavy (non-hydrogen) atoms. The van der Waals surface area contributed by atoms with Crippen LogP contribution >= 0.6 is 0 Å². The molecule has 1 atom stereocenters. The molecule has 3 aliphatic rings. The Morgan fingerprint density at radius 3 is 1.69 bits per heavy atom. The molecule has 0 heterocycles. The van der Waals surface area contributed by atoms with Crippen molar-refractivity contribution in [3.05, 3.63) is 235 Å². The van der Waals surface area contributed by atoms with E-state index < -0.39 is 5.41 Å². The smallest absolute Gasteiger partial charge is 0.0726 e. The second-order valence-electron chi connectivity index (χ2n) is 16.0. The Morgan fingerprint density at radius 2 is 0.879 bits per heavy atom. The van der Waals surface area contributed by atoms with Crippen molar-refractivity contribution in [3.63, 3.8) is 0 Å². The van der Waals surface area contributed by atoms with Gasteiger partial charge in [-0.15, -0.1) is 0 Å². The van der Waals surface area contributed by atoms with E-state index in [1.165, 1.54) is 99.4 Å². The number of anilines is 3. The van der Waals surface area contributed by atoms with Crippen molar-refractivity contribution in [1.82, 2.24) is 0 Å². The summed E-state index contributed by atoms with van der Waals surface area (Å²) in [7, 11) is 0. The third-order valence-corrected chi connectivity index (χ3v) is 13.2. The zero-order valence-electron chi connectivity index (χ0n) is 31.7. The summed E-state index contributed by atoms with van der Waals surface area (Å²) in [6, 6.07) is 79.2. The molecule has 0 saturated heterocycles. The van der Waals surface area contributed by atoms with Gasteiger partial charge >= 0.3 is 0 Å². The zero-order valence-corrected chi connectivity index (χ0v) is 31.7. The third kappa shape index (κ3) is 4.15. The van der Waals surface area contributed by atoms with Crippen LogP contribution in [0.1, 0.15) is 22.3 Å². The number of fused-ring (bicyclic) bond motifs is 15. The van der Waals surface area contributed by atoms with Crippen LogP contribution in [-0.4, -0.2) is 0 Å². The highest BCUT2D eigenvalue weighted by Gasteiger charge is 2.52. The van der Waals surface area contributed by atoms with Gasteiger partial charge in [0.25, 0.3) is 0 Å². The van der Waals surface area contributed by atoms with E-state index in [1.54, 1.807) is 0 Å². The summed E-state index contributed by atoms with van der Waals surface area (Å²) in [6.45, 7) is 0. The fourth-order valence-corrected chi connectivity index (χ4v) is 10.8. The number of nitrogens with zero attached hydrogens (tertiary/aromatic N) is 1. The number of para-hydroxylation sites is 1. The normalized spacial score (nSPS) is 15.0. The molecule has 0 amide bonds. The van der Waals surface area contributed by atoms with Crippen molar-refractivity contribution in [1.29, 1.82) is 0 Å². The highest BCUT2D eigenvalue weighted by atomic mass is 15.1. The van der Waals surface area contributed by atoms with Crippen LogP contribution in [0.4, 0.5) is 17.1 Å². The van der Waals surface area contributed by atoms with Crippen LogP contribution in [0.3, 0.4) is 0 Å². The van der Waals surface area contributed by atoms with E-state index in [0.717, 1.165) is 17.1 Å². The Labute approximate surface area is 337 Å². The van der Waals surface area contributed by atoms with Gasteiger partial charge in [0.2, 0.25) is 0 Å². The van der Waals surface area contributed by atoms with Gasteiger partial charge in [0.05, 0.1) is 5.41 Å². The Hall–Kier alpha value is -7.48. The van der Waals surface area contributed by atoms with E-state index in [1.807, 2.05) is 0 Å². The lowest BCUT2D eigenvalue weighted by atomic mass is 9.70. The second kappa shape index (κ2) is 11.8. The van der Waals surface area contributed by atoms with E-state index in [9.17, 15) is 0 Å². The molecular weight excluding hydrogens is 699 g/mol. The maximum atomic E-state index is 2.56. The van der Waals surface area contributed by atoms with Crippen LogP contribution in [0.2, 0.25) is 0 Å². The summed E-state index contributed by atoms with van der Waals surface area (Å²) in [5.74, 6) is 0. The van der Waals surface area contributed by atoms with Crippen LogP contribution in [0, 0.1) is 0 Å². The van der Waals surface area contributed by atoms with Crippen molar-refractivity contribution in [2.24, 2.45) is 0 Å². The summed E-state index contributed by atoms with van der Waals surface area (Å²) in [5.41, 5.74) is 21.4. The van der Waals surface area contributed by atoms with Gasteiger partial charge in [-0.1, -0.05) is 164 Å². The number of benzene rings is 10. The van der Waals surface area contributed by atoms with E-state index in [0.29, 0.717) is 0 Å². The molecule has 10 aromatic carbocycles. The highest BCUT2D eigenvalue weighted by Crippen LogP contribution is 2.66. The molecule has 0 fully saturated rings. The fraction of sp³-hybridized carbons (Fsp3) is 0.0175. The van der Waals surface area contributed by atoms with Gasteiger partial charge < -0.3 is 4.90 Å². The minimum Gasteiger partial charge on any atom is -0.310 e. The predicted molar refractivity (Wildman–Crippen MR) is 242 cm³/mol. The molecule has 0 aromatic heterocycles. The molecule has 0 saturated carbocycles. The quantitative estimate of drug-likeness (QED) is 0.174. The molecule has 268 valence electrons. The molecule has 10 aromatic rings. The summed E-state index contributed by atoms with van der Waals surface area (Å²) in [5, 5.41) is 5.22. The predicted octanol–water partition coefficient (Wildman–Crippen LogP) is 15.1. The van der Waals surface area contributed by atoms with Crippen LogP contribution in [0.5, 0.6) is 0 Å². The summed E-state index contributed by atoms with van der Waals surface area (Å²) in [6.07, 6.45) is 0. The van der Waals surface area contributed by atoms with Gasteiger partial charge in [-0.05, 0) is 148 Å². The first-order valence-corrected chi connectivity index (χ1v) is 20.3. The minimum atomic E-state index is -0.492. The first-order chi connectivity index (χ1) is 28.8. The van der Waals surface area contributed by atoms with Crippen LogP contribution in [0.15, 0.2) is 212 Å². The van der Waals surface area contributed by atoms with Crippen LogP contribution in [0.25, 0.3) is 77.2 Å². The molecule has 0 radical (unpaired) electrons. The molecular formula is C57H35N. The molecule has 3 aliphatic carbocycles. The largest absolute Gasteiger partial charge is 0.310 e. The molecule has 0 bridgehead atoms. The van der Waals surface area contributed by atoms with Crippen molar-refractivity contribution >= 4 is 38.6 Å². The van der Waals surface area contributed by atoms with E-state index in [2.05, 4.69) is 217 Å². The molecule has 1 spiro atoms. The maximum absolute atomic E-state index is 2.56. The Bertz CT molecular complexity index is 3340. The maximum Gasteiger partial charge on any atom is 0.0726 e. The lowest BCUT2D eigenvalue weighted by molar-refractivity contribution is 0.794. The molecule has 1 heteroatoms. The topological polar surface area (TPSA) is 3.24 Å². The molecule has 0 aliphatic heterocycles. The first-order valence-electron chi connectivity index (χ1n) is 20.3. The van der Waals surface area contributed by atoms with Gasteiger partial charge in [0, 0.05) is 17.1 Å². The van der Waals surface area contributed by atoms with Crippen molar-refractivity contribution in [2.75, 3.05) is 4.90 Å². The van der Waals surface area contributed by atoms with E-state index in [-0.39, 0.29) is 0 Å². The summed E-state index contributed by atoms with van der Waals surface area (Å²) in [4.78, 5) is 2.42. The van der Waals surface area contributed by atoms with Gasteiger partial charge in [-0.3, -0.25) is 0 Å².